The Balaban J connectivity index is 1.61. The molecule has 6 nitrogen and oxygen atoms in total. The number of carbonyl (C=O) groups is 1. The van der Waals surface area contributed by atoms with Crippen molar-refractivity contribution < 1.29 is 13.2 Å². The fourth-order valence-corrected chi connectivity index (χ4v) is 5.33. The third-order valence-electron chi connectivity index (χ3n) is 5.83. The zero-order valence-corrected chi connectivity index (χ0v) is 19.8. The highest BCUT2D eigenvalue weighted by molar-refractivity contribution is 7.89. The SMILES string of the molecule is Cc1ccc(C(C)N(C)CCC(=O)Nc2cc(S(=O)(=O)N3CCCC3)ccc2Cl)cc1. The summed E-state index contributed by atoms with van der Waals surface area (Å²) in [5.41, 5.74) is 2.72. The predicted molar refractivity (Wildman–Crippen MR) is 125 cm³/mol. The maximum atomic E-state index is 12.8. The van der Waals surface area contributed by atoms with Gasteiger partial charge >= 0.3 is 0 Å². The maximum Gasteiger partial charge on any atom is 0.243 e. The van der Waals surface area contributed by atoms with E-state index in [-0.39, 0.29) is 23.3 Å². The van der Waals surface area contributed by atoms with Crippen LogP contribution in [0.5, 0.6) is 0 Å². The van der Waals surface area contributed by atoms with Gasteiger partial charge in [0.15, 0.2) is 0 Å². The molecule has 0 radical (unpaired) electrons. The van der Waals surface area contributed by atoms with Crippen molar-refractivity contribution in [2.75, 3.05) is 32.0 Å². The number of anilines is 1. The molecule has 1 aliphatic rings. The Labute approximate surface area is 190 Å². The first-order valence-electron chi connectivity index (χ1n) is 10.5. The van der Waals surface area contributed by atoms with Crippen LogP contribution in [0.2, 0.25) is 5.02 Å². The van der Waals surface area contributed by atoms with E-state index in [4.69, 9.17) is 11.6 Å². The Morgan fingerprint density at radius 1 is 1.16 bits per heavy atom. The summed E-state index contributed by atoms with van der Waals surface area (Å²) in [6, 6.07) is 13.0. The van der Waals surface area contributed by atoms with Crippen molar-refractivity contribution in [3.63, 3.8) is 0 Å². The number of hydrogen-bond donors (Lipinski definition) is 1. The van der Waals surface area contributed by atoms with Crippen LogP contribution >= 0.6 is 11.6 Å². The molecular weight excluding hydrogens is 434 g/mol. The fraction of sp³-hybridized carbons (Fsp3) is 0.435. The quantitative estimate of drug-likeness (QED) is 0.627. The number of benzene rings is 2. The topological polar surface area (TPSA) is 69.7 Å². The minimum atomic E-state index is -3.57. The molecular formula is C23H30ClN3O3S. The molecule has 2 aromatic carbocycles. The number of nitrogens with zero attached hydrogens (tertiary/aromatic N) is 2. The van der Waals surface area contributed by atoms with Crippen molar-refractivity contribution >= 4 is 33.2 Å². The molecule has 8 heteroatoms. The molecule has 1 saturated heterocycles. The molecule has 2 aromatic rings. The van der Waals surface area contributed by atoms with Crippen LogP contribution in [-0.2, 0) is 14.8 Å². The van der Waals surface area contributed by atoms with Crippen molar-refractivity contribution in [3.8, 4) is 0 Å². The van der Waals surface area contributed by atoms with E-state index in [1.807, 2.05) is 7.05 Å². The lowest BCUT2D eigenvalue weighted by atomic mass is 10.1. The van der Waals surface area contributed by atoms with Gasteiger partial charge in [0.1, 0.15) is 0 Å². The van der Waals surface area contributed by atoms with Gasteiger partial charge in [-0.3, -0.25) is 9.69 Å². The summed E-state index contributed by atoms with van der Waals surface area (Å²) in [5.74, 6) is -0.208. The number of amides is 1. The molecule has 1 amide bonds. The lowest BCUT2D eigenvalue weighted by Crippen LogP contribution is -2.28. The van der Waals surface area contributed by atoms with Gasteiger partial charge in [0.05, 0.1) is 15.6 Å². The molecule has 1 N–H and O–H groups in total. The van der Waals surface area contributed by atoms with E-state index in [0.29, 0.717) is 30.3 Å². The third-order valence-corrected chi connectivity index (χ3v) is 8.05. The van der Waals surface area contributed by atoms with Gasteiger partial charge in [0.25, 0.3) is 0 Å². The Bertz CT molecular complexity index is 1020. The van der Waals surface area contributed by atoms with Crippen LogP contribution < -0.4 is 5.32 Å². The monoisotopic (exact) mass is 463 g/mol. The Hall–Kier alpha value is -1.93. The van der Waals surface area contributed by atoms with Crippen LogP contribution in [0.4, 0.5) is 5.69 Å². The van der Waals surface area contributed by atoms with Crippen LogP contribution in [0.15, 0.2) is 47.4 Å². The zero-order chi connectivity index (χ0) is 22.6. The highest BCUT2D eigenvalue weighted by atomic mass is 35.5. The van der Waals surface area contributed by atoms with Crippen molar-refractivity contribution in [3.05, 3.63) is 58.6 Å². The van der Waals surface area contributed by atoms with E-state index in [1.165, 1.54) is 33.6 Å². The molecule has 3 rings (SSSR count). The number of carbonyl (C=O) groups excluding carboxylic acids is 1. The number of aryl methyl sites for hydroxylation is 1. The second-order valence-corrected chi connectivity index (χ2v) is 10.5. The van der Waals surface area contributed by atoms with E-state index in [2.05, 4.69) is 48.3 Å². The molecule has 168 valence electrons. The number of rotatable bonds is 8. The van der Waals surface area contributed by atoms with Crippen molar-refractivity contribution in [1.29, 1.82) is 0 Å². The molecule has 1 unspecified atom stereocenters. The predicted octanol–water partition coefficient (Wildman–Crippen LogP) is 4.45. The minimum Gasteiger partial charge on any atom is -0.325 e. The molecule has 31 heavy (non-hydrogen) atoms. The summed E-state index contributed by atoms with van der Waals surface area (Å²) in [5, 5.41) is 3.09. The number of nitrogens with one attached hydrogen (secondary N) is 1. The summed E-state index contributed by atoms with van der Waals surface area (Å²) in [6.07, 6.45) is 2.00. The van der Waals surface area contributed by atoms with Gasteiger partial charge in [-0.15, -0.1) is 0 Å². The third kappa shape index (κ3) is 5.86. The summed E-state index contributed by atoms with van der Waals surface area (Å²) in [6.45, 7) is 5.77. The number of sulfonamides is 1. The average molecular weight is 464 g/mol. The van der Waals surface area contributed by atoms with Crippen LogP contribution in [0.1, 0.15) is 43.4 Å². The van der Waals surface area contributed by atoms with Crippen LogP contribution in [0.3, 0.4) is 0 Å². The summed E-state index contributed by atoms with van der Waals surface area (Å²) >= 11 is 6.22. The molecule has 1 heterocycles. The van der Waals surface area contributed by atoms with E-state index in [0.717, 1.165) is 12.8 Å². The lowest BCUT2D eigenvalue weighted by Gasteiger charge is -2.25. The largest absolute Gasteiger partial charge is 0.325 e. The van der Waals surface area contributed by atoms with Crippen molar-refractivity contribution in [2.45, 2.75) is 44.0 Å². The van der Waals surface area contributed by atoms with Crippen LogP contribution in [-0.4, -0.2) is 50.2 Å². The average Bonchev–Trinajstić information content (AvgIpc) is 3.29. The minimum absolute atomic E-state index is 0.152. The normalized spacial score (nSPS) is 15.9. The molecule has 0 saturated carbocycles. The number of hydrogen-bond acceptors (Lipinski definition) is 4. The molecule has 0 aliphatic carbocycles. The first-order chi connectivity index (χ1) is 14.7. The Kier molecular flexibility index (Phi) is 7.75. The van der Waals surface area contributed by atoms with Crippen LogP contribution in [0, 0.1) is 6.92 Å². The van der Waals surface area contributed by atoms with Gasteiger partial charge < -0.3 is 5.32 Å². The molecule has 1 aliphatic heterocycles. The highest BCUT2D eigenvalue weighted by Crippen LogP contribution is 2.28. The smallest absolute Gasteiger partial charge is 0.243 e. The van der Waals surface area contributed by atoms with Gasteiger partial charge in [-0.05, 0) is 57.5 Å². The van der Waals surface area contributed by atoms with E-state index < -0.39 is 10.0 Å². The van der Waals surface area contributed by atoms with Gasteiger partial charge in [0, 0.05) is 32.1 Å². The van der Waals surface area contributed by atoms with Crippen molar-refractivity contribution in [2.24, 2.45) is 0 Å². The van der Waals surface area contributed by atoms with Gasteiger partial charge in [-0.2, -0.15) is 4.31 Å². The van der Waals surface area contributed by atoms with E-state index >= 15 is 0 Å². The Morgan fingerprint density at radius 2 is 1.81 bits per heavy atom. The maximum absolute atomic E-state index is 12.8. The van der Waals surface area contributed by atoms with Crippen LogP contribution in [0.25, 0.3) is 0 Å². The summed E-state index contributed by atoms with van der Waals surface area (Å²) in [7, 11) is -1.59. The molecule has 0 aromatic heterocycles. The first-order valence-corrected chi connectivity index (χ1v) is 12.4. The molecule has 1 atom stereocenters. The zero-order valence-electron chi connectivity index (χ0n) is 18.3. The van der Waals surface area contributed by atoms with Gasteiger partial charge in [-0.25, -0.2) is 8.42 Å². The molecule has 0 bridgehead atoms. The van der Waals surface area contributed by atoms with Gasteiger partial charge in [0.2, 0.25) is 15.9 Å². The van der Waals surface area contributed by atoms with E-state index in [9.17, 15) is 13.2 Å². The second-order valence-electron chi connectivity index (χ2n) is 8.12. The fourth-order valence-electron chi connectivity index (χ4n) is 3.62. The van der Waals surface area contributed by atoms with Crippen molar-refractivity contribution in [1.82, 2.24) is 9.21 Å². The summed E-state index contributed by atoms with van der Waals surface area (Å²) < 4.78 is 27.1. The standard InChI is InChI=1S/C23H30ClN3O3S/c1-17-6-8-19(9-7-17)18(2)26(3)15-12-23(28)25-22-16-20(10-11-21(22)24)31(29,30)27-13-4-5-14-27/h6-11,16,18H,4-5,12-15H2,1-3H3,(H,25,28). The summed E-state index contributed by atoms with van der Waals surface area (Å²) in [4.78, 5) is 14.8. The molecule has 0 spiro atoms. The van der Waals surface area contributed by atoms with E-state index in [1.54, 1.807) is 0 Å². The van der Waals surface area contributed by atoms with Gasteiger partial charge in [-0.1, -0.05) is 41.4 Å². The number of halogens is 1. The first kappa shape index (κ1) is 23.7. The Morgan fingerprint density at radius 3 is 2.45 bits per heavy atom. The second kappa shape index (κ2) is 10.1. The highest BCUT2D eigenvalue weighted by Gasteiger charge is 2.27. The lowest BCUT2D eigenvalue weighted by molar-refractivity contribution is -0.116. The molecule has 1 fully saturated rings.